The zero-order valence-corrected chi connectivity index (χ0v) is 12.8. The normalized spacial score (nSPS) is 11.6. The Morgan fingerprint density at radius 3 is 1.63 bits per heavy atom. The van der Waals surface area contributed by atoms with Gasteiger partial charge in [-0.25, -0.2) is 0 Å². The van der Waals surface area contributed by atoms with Gasteiger partial charge in [0.25, 0.3) is 0 Å². The van der Waals surface area contributed by atoms with Gasteiger partial charge in [0, 0.05) is 6.42 Å². The molecule has 0 N–H and O–H groups in total. The van der Waals surface area contributed by atoms with Crippen LogP contribution in [0.3, 0.4) is 0 Å². The Hall–Kier alpha value is -0.850. The van der Waals surface area contributed by atoms with E-state index in [1.807, 2.05) is 0 Å². The van der Waals surface area contributed by atoms with E-state index >= 15 is 0 Å². The van der Waals surface area contributed by atoms with Crippen LogP contribution >= 0.6 is 0 Å². The molecule has 19 heavy (non-hydrogen) atoms. The monoisotopic (exact) mass is 264 g/mol. The molecule has 0 aliphatic rings. The molecule has 0 aliphatic carbocycles. The Morgan fingerprint density at radius 1 is 0.632 bits per heavy atom. The van der Waals surface area contributed by atoms with Crippen LogP contribution in [0.25, 0.3) is 0 Å². The first-order chi connectivity index (χ1) is 9.41. The molecular formula is C18H32O. The summed E-state index contributed by atoms with van der Waals surface area (Å²) in [6.45, 7) is 2.16. The largest absolute Gasteiger partial charge is 0.303 e. The second-order valence-electron chi connectivity index (χ2n) is 5.19. The predicted octanol–water partition coefficient (Wildman–Crippen LogP) is 6.00. The van der Waals surface area contributed by atoms with Crippen LogP contribution in [0.4, 0.5) is 0 Å². The van der Waals surface area contributed by atoms with Crippen LogP contribution < -0.4 is 0 Å². The van der Waals surface area contributed by atoms with E-state index in [1.165, 1.54) is 57.8 Å². The molecule has 0 fully saturated rings. The van der Waals surface area contributed by atoms with Gasteiger partial charge in [0.1, 0.15) is 6.29 Å². The highest BCUT2D eigenvalue weighted by Gasteiger charge is 1.92. The highest BCUT2D eigenvalue weighted by Crippen LogP contribution is 2.11. The van der Waals surface area contributed by atoms with E-state index in [-0.39, 0.29) is 0 Å². The Kier molecular flexibility index (Phi) is 16.4. The molecule has 0 spiro atoms. The molecule has 0 aromatic heterocycles. The lowest BCUT2D eigenvalue weighted by Gasteiger charge is -2.00. The molecule has 110 valence electrons. The summed E-state index contributed by atoms with van der Waals surface area (Å²) in [6.07, 6.45) is 24.7. The van der Waals surface area contributed by atoms with Crippen LogP contribution in [-0.4, -0.2) is 6.29 Å². The SMILES string of the molecule is CCC=C/C=C\CCCCCCCCCCCC=O. The molecule has 0 saturated carbocycles. The minimum absolute atomic E-state index is 0.751. The maximum absolute atomic E-state index is 10.1. The summed E-state index contributed by atoms with van der Waals surface area (Å²) in [5.41, 5.74) is 0. The van der Waals surface area contributed by atoms with E-state index in [0.29, 0.717) is 0 Å². The number of rotatable bonds is 14. The van der Waals surface area contributed by atoms with Crippen molar-refractivity contribution >= 4 is 6.29 Å². The number of hydrogen-bond acceptors (Lipinski definition) is 1. The highest BCUT2D eigenvalue weighted by atomic mass is 16.1. The fraction of sp³-hybridized carbons (Fsp3) is 0.722. The zero-order chi connectivity index (χ0) is 14.0. The first kappa shape index (κ1) is 18.1. The van der Waals surface area contributed by atoms with Gasteiger partial charge in [-0.1, -0.05) is 76.2 Å². The third kappa shape index (κ3) is 17.1. The first-order valence-electron chi connectivity index (χ1n) is 8.17. The van der Waals surface area contributed by atoms with Crippen molar-refractivity contribution in [3.63, 3.8) is 0 Å². The summed E-state index contributed by atoms with van der Waals surface area (Å²) < 4.78 is 0. The number of unbranched alkanes of at least 4 members (excludes halogenated alkanes) is 10. The molecule has 1 heteroatoms. The van der Waals surface area contributed by atoms with Gasteiger partial charge in [-0.05, 0) is 25.7 Å². The molecular weight excluding hydrogens is 232 g/mol. The Labute approximate surface area is 120 Å². The van der Waals surface area contributed by atoms with Gasteiger partial charge in [0.2, 0.25) is 0 Å². The Morgan fingerprint density at radius 2 is 1.11 bits per heavy atom. The number of carbonyl (C=O) groups excluding carboxylic acids is 1. The quantitative estimate of drug-likeness (QED) is 0.214. The lowest BCUT2D eigenvalue weighted by molar-refractivity contribution is -0.107. The maximum atomic E-state index is 10.1. The van der Waals surface area contributed by atoms with E-state index in [1.54, 1.807) is 0 Å². The van der Waals surface area contributed by atoms with Crippen molar-refractivity contribution in [3.8, 4) is 0 Å². The van der Waals surface area contributed by atoms with Gasteiger partial charge in [0.15, 0.2) is 0 Å². The van der Waals surface area contributed by atoms with Crippen molar-refractivity contribution in [1.29, 1.82) is 0 Å². The van der Waals surface area contributed by atoms with Crippen LogP contribution in [0.1, 0.15) is 84.0 Å². The molecule has 0 aliphatic heterocycles. The summed E-state index contributed by atoms with van der Waals surface area (Å²) in [7, 11) is 0. The standard InChI is InChI=1S/C18H32O/c1-2-3-4-5-6-7-8-9-10-11-12-13-14-15-16-17-18-19/h3-6,18H,2,7-17H2,1H3/b4-3?,6-5-. The number of carbonyl (C=O) groups is 1. The Balaban J connectivity index is 3.04. The van der Waals surface area contributed by atoms with Crippen LogP contribution in [0.15, 0.2) is 24.3 Å². The number of hydrogen-bond donors (Lipinski definition) is 0. The van der Waals surface area contributed by atoms with Gasteiger partial charge in [-0.2, -0.15) is 0 Å². The lowest BCUT2D eigenvalue weighted by atomic mass is 10.1. The van der Waals surface area contributed by atoms with Crippen molar-refractivity contribution in [3.05, 3.63) is 24.3 Å². The third-order valence-corrected chi connectivity index (χ3v) is 3.31. The molecule has 0 saturated heterocycles. The highest BCUT2D eigenvalue weighted by molar-refractivity contribution is 5.48. The van der Waals surface area contributed by atoms with Crippen molar-refractivity contribution in [2.24, 2.45) is 0 Å². The molecule has 0 radical (unpaired) electrons. The topological polar surface area (TPSA) is 17.1 Å². The fourth-order valence-corrected chi connectivity index (χ4v) is 2.12. The van der Waals surface area contributed by atoms with E-state index < -0.39 is 0 Å². The van der Waals surface area contributed by atoms with Gasteiger partial charge >= 0.3 is 0 Å². The van der Waals surface area contributed by atoms with Crippen molar-refractivity contribution in [2.45, 2.75) is 84.0 Å². The zero-order valence-electron chi connectivity index (χ0n) is 12.8. The molecule has 0 bridgehead atoms. The Bertz CT molecular complexity index is 228. The van der Waals surface area contributed by atoms with Crippen LogP contribution in [-0.2, 0) is 4.79 Å². The molecule has 1 nitrogen and oxygen atoms in total. The number of allylic oxidation sites excluding steroid dienone is 4. The summed E-state index contributed by atoms with van der Waals surface area (Å²) >= 11 is 0. The van der Waals surface area contributed by atoms with Crippen molar-refractivity contribution in [2.75, 3.05) is 0 Å². The third-order valence-electron chi connectivity index (χ3n) is 3.31. The predicted molar refractivity (Wildman–Crippen MR) is 85.4 cm³/mol. The van der Waals surface area contributed by atoms with Crippen molar-refractivity contribution in [1.82, 2.24) is 0 Å². The average molecular weight is 264 g/mol. The summed E-state index contributed by atoms with van der Waals surface area (Å²) in [4.78, 5) is 10.1. The van der Waals surface area contributed by atoms with Gasteiger partial charge < -0.3 is 4.79 Å². The molecule has 0 aromatic carbocycles. The molecule has 0 rings (SSSR count). The summed E-state index contributed by atoms with van der Waals surface area (Å²) in [5.74, 6) is 0. The van der Waals surface area contributed by atoms with Gasteiger partial charge in [0.05, 0.1) is 0 Å². The smallest absolute Gasteiger partial charge is 0.119 e. The average Bonchev–Trinajstić information content (AvgIpc) is 2.43. The molecule has 0 amide bonds. The first-order valence-corrected chi connectivity index (χ1v) is 8.17. The van der Waals surface area contributed by atoms with E-state index in [0.717, 1.165) is 25.5 Å². The lowest BCUT2D eigenvalue weighted by Crippen LogP contribution is -1.82. The second kappa shape index (κ2) is 17.2. The molecule has 0 unspecified atom stereocenters. The van der Waals surface area contributed by atoms with E-state index in [2.05, 4.69) is 31.2 Å². The fourth-order valence-electron chi connectivity index (χ4n) is 2.12. The van der Waals surface area contributed by atoms with E-state index in [9.17, 15) is 4.79 Å². The van der Waals surface area contributed by atoms with Crippen LogP contribution in [0, 0.1) is 0 Å². The van der Waals surface area contributed by atoms with Gasteiger partial charge in [-0.3, -0.25) is 0 Å². The van der Waals surface area contributed by atoms with E-state index in [4.69, 9.17) is 0 Å². The van der Waals surface area contributed by atoms with Crippen LogP contribution in [0.5, 0.6) is 0 Å². The van der Waals surface area contributed by atoms with Gasteiger partial charge in [-0.15, -0.1) is 0 Å². The molecule has 0 atom stereocenters. The van der Waals surface area contributed by atoms with Crippen LogP contribution in [0.2, 0.25) is 0 Å². The minimum Gasteiger partial charge on any atom is -0.303 e. The minimum atomic E-state index is 0.751. The van der Waals surface area contributed by atoms with Crippen molar-refractivity contribution < 1.29 is 4.79 Å². The molecule has 0 aromatic rings. The summed E-state index contributed by atoms with van der Waals surface area (Å²) in [6, 6.07) is 0. The number of aldehydes is 1. The summed E-state index contributed by atoms with van der Waals surface area (Å²) in [5, 5.41) is 0. The second-order valence-corrected chi connectivity index (χ2v) is 5.19. The maximum Gasteiger partial charge on any atom is 0.119 e. The molecule has 0 heterocycles.